The number of fused-ring (bicyclic) bond motifs is 1. The van der Waals surface area contributed by atoms with Crippen molar-refractivity contribution in [1.82, 2.24) is 9.78 Å². The molecule has 0 aliphatic carbocycles. The fraction of sp³-hybridized carbons (Fsp3) is 0.273. The summed E-state index contributed by atoms with van der Waals surface area (Å²) in [6, 6.07) is 4.31. The Labute approximate surface area is 99.6 Å². The van der Waals surface area contributed by atoms with Crippen molar-refractivity contribution in [3.05, 3.63) is 30.0 Å². The van der Waals surface area contributed by atoms with Gasteiger partial charge < -0.3 is 5.11 Å². The van der Waals surface area contributed by atoms with Gasteiger partial charge in [0.15, 0.2) is 5.69 Å². The van der Waals surface area contributed by atoms with Gasteiger partial charge in [-0.3, -0.25) is 0 Å². The van der Waals surface area contributed by atoms with Crippen LogP contribution in [0.15, 0.2) is 24.3 Å². The van der Waals surface area contributed by atoms with Gasteiger partial charge in [-0.2, -0.15) is 18.3 Å². The van der Waals surface area contributed by atoms with Crippen molar-refractivity contribution in [2.75, 3.05) is 0 Å². The highest BCUT2D eigenvalue weighted by atomic mass is 19.4. The summed E-state index contributed by atoms with van der Waals surface area (Å²) in [4.78, 5) is 10.8. The van der Waals surface area contributed by atoms with Gasteiger partial charge >= 0.3 is 12.1 Å². The van der Waals surface area contributed by atoms with E-state index in [2.05, 4.69) is 5.10 Å². The molecule has 1 unspecified atom stereocenters. The van der Waals surface area contributed by atoms with Crippen LogP contribution in [0.2, 0.25) is 0 Å². The van der Waals surface area contributed by atoms with Gasteiger partial charge in [0.1, 0.15) is 6.04 Å². The van der Waals surface area contributed by atoms with Crippen LogP contribution in [0, 0.1) is 0 Å². The van der Waals surface area contributed by atoms with Crippen LogP contribution in [0.3, 0.4) is 0 Å². The predicted octanol–water partition coefficient (Wildman–Crippen LogP) is 2.70. The second-order valence-corrected chi connectivity index (χ2v) is 3.82. The molecule has 1 heterocycles. The third kappa shape index (κ3) is 1.92. The molecule has 0 spiro atoms. The third-order valence-electron chi connectivity index (χ3n) is 2.60. The quantitative estimate of drug-likeness (QED) is 0.901. The number of rotatable bonds is 2. The lowest BCUT2D eigenvalue weighted by molar-refractivity contribution is -0.148. The van der Waals surface area contributed by atoms with Gasteiger partial charge in [-0.05, 0) is 13.0 Å². The number of halogens is 3. The molecule has 2 rings (SSSR count). The Morgan fingerprint density at radius 3 is 2.56 bits per heavy atom. The van der Waals surface area contributed by atoms with Crippen LogP contribution in [-0.2, 0) is 11.0 Å². The summed E-state index contributed by atoms with van der Waals surface area (Å²) in [7, 11) is 0. The number of carboxylic acid groups (broad SMARTS) is 1. The number of alkyl halides is 3. The average molecular weight is 258 g/mol. The van der Waals surface area contributed by atoms with E-state index in [-0.39, 0.29) is 10.9 Å². The first kappa shape index (κ1) is 12.4. The molecule has 0 saturated carbocycles. The minimum absolute atomic E-state index is 0.0990. The maximum atomic E-state index is 13.0. The lowest BCUT2D eigenvalue weighted by atomic mass is 10.2. The van der Waals surface area contributed by atoms with Crippen LogP contribution in [0.5, 0.6) is 0 Å². The van der Waals surface area contributed by atoms with E-state index in [0.717, 1.165) is 6.92 Å². The number of nitrogens with zero attached hydrogens (tertiary/aromatic N) is 2. The summed E-state index contributed by atoms with van der Waals surface area (Å²) in [5.74, 6) is -1.37. The van der Waals surface area contributed by atoms with Gasteiger partial charge in [-0.25, -0.2) is 9.48 Å². The lowest BCUT2D eigenvalue weighted by Gasteiger charge is -2.13. The van der Waals surface area contributed by atoms with Crippen molar-refractivity contribution in [3.63, 3.8) is 0 Å². The smallest absolute Gasteiger partial charge is 0.433 e. The van der Waals surface area contributed by atoms with Crippen LogP contribution in [0.4, 0.5) is 13.2 Å². The van der Waals surface area contributed by atoms with Gasteiger partial charge in [-0.1, -0.05) is 18.2 Å². The zero-order valence-corrected chi connectivity index (χ0v) is 9.27. The average Bonchev–Trinajstić information content (AvgIpc) is 2.66. The minimum atomic E-state index is -4.65. The molecular weight excluding hydrogens is 249 g/mol. The minimum Gasteiger partial charge on any atom is -0.480 e. The molecule has 0 saturated heterocycles. The molecule has 1 N–H and O–H groups in total. The molecule has 0 amide bonds. The predicted molar refractivity (Wildman–Crippen MR) is 57.1 cm³/mol. The Kier molecular flexibility index (Phi) is 2.76. The molecule has 1 aromatic carbocycles. The Morgan fingerprint density at radius 2 is 2.00 bits per heavy atom. The molecule has 7 heteroatoms. The highest BCUT2D eigenvalue weighted by molar-refractivity contribution is 5.83. The summed E-state index contributed by atoms with van der Waals surface area (Å²) < 4.78 is 39.5. The molecule has 0 radical (unpaired) electrons. The van der Waals surface area contributed by atoms with Crippen LogP contribution in [0.25, 0.3) is 10.9 Å². The van der Waals surface area contributed by atoms with Gasteiger partial charge in [0.2, 0.25) is 0 Å². The number of carboxylic acids is 1. The largest absolute Gasteiger partial charge is 0.480 e. The van der Waals surface area contributed by atoms with E-state index < -0.39 is 23.9 Å². The van der Waals surface area contributed by atoms with Crippen molar-refractivity contribution in [1.29, 1.82) is 0 Å². The van der Waals surface area contributed by atoms with Crippen LogP contribution >= 0.6 is 0 Å². The number of aliphatic carboxylic acids is 1. The molecule has 96 valence electrons. The first-order valence-electron chi connectivity index (χ1n) is 5.09. The molecule has 4 nitrogen and oxygen atoms in total. The third-order valence-corrected chi connectivity index (χ3v) is 2.60. The van der Waals surface area contributed by atoms with Crippen LogP contribution < -0.4 is 0 Å². The topological polar surface area (TPSA) is 55.1 Å². The first-order chi connectivity index (χ1) is 8.32. The second kappa shape index (κ2) is 4.01. The zero-order valence-electron chi connectivity index (χ0n) is 9.27. The van der Waals surface area contributed by atoms with E-state index in [1.165, 1.54) is 18.2 Å². The van der Waals surface area contributed by atoms with Crippen molar-refractivity contribution in [2.24, 2.45) is 0 Å². The Bertz CT molecular complexity index is 604. The first-order valence-corrected chi connectivity index (χ1v) is 5.09. The van der Waals surface area contributed by atoms with Gasteiger partial charge in [0.05, 0.1) is 5.52 Å². The summed E-state index contributed by atoms with van der Waals surface area (Å²) in [5.41, 5.74) is -0.911. The van der Waals surface area contributed by atoms with E-state index in [9.17, 15) is 18.0 Å². The summed E-state index contributed by atoms with van der Waals surface area (Å²) in [6.07, 6.45) is -4.65. The number of benzene rings is 1. The fourth-order valence-corrected chi connectivity index (χ4v) is 1.72. The summed E-state index contributed by atoms with van der Waals surface area (Å²) in [5, 5.41) is 12.4. The highest BCUT2D eigenvalue weighted by Gasteiger charge is 2.39. The van der Waals surface area contributed by atoms with Crippen molar-refractivity contribution >= 4 is 16.9 Å². The maximum Gasteiger partial charge on any atom is 0.433 e. The molecule has 0 aliphatic heterocycles. The number of hydrogen-bond acceptors (Lipinski definition) is 2. The molecule has 0 fully saturated rings. The molecule has 18 heavy (non-hydrogen) atoms. The lowest BCUT2D eigenvalue weighted by Crippen LogP contribution is -2.23. The van der Waals surface area contributed by atoms with Gasteiger partial charge in [0.25, 0.3) is 0 Å². The van der Waals surface area contributed by atoms with Crippen molar-refractivity contribution < 1.29 is 23.1 Å². The SMILES string of the molecule is CC(C(=O)O)n1nc2ccccc2c1C(F)(F)F. The van der Waals surface area contributed by atoms with Crippen LogP contribution in [0.1, 0.15) is 18.7 Å². The van der Waals surface area contributed by atoms with E-state index >= 15 is 0 Å². The molecule has 2 aromatic rings. The van der Waals surface area contributed by atoms with Crippen LogP contribution in [-0.4, -0.2) is 20.9 Å². The summed E-state index contributed by atoms with van der Waals surface area (Å²) >= 11 is 0. The fourth-order valence-electron chi connectivity index (χ4n) is 1.72. The molecule has 0 aliphatic rings. The van der Waals surface area contributed by atoms with E-state index in [1.807, 2.05) is 0 Å². The maximum absolute atomic E-state index is 13.0. The monoisotopic (exact) mass is 258 g/mol. The van der Waals surface area contributed by atoms with E-state index in [1.54, 1.807) is 6.07 Å². The molecular formula is C11H9F3N2O2. The Morgan fingerprint density at radius 1 is 1.39 bits per heavy atom. The Hall–Kier alpha value is -2.05. The van der Waals surface area contributed by atoms with E-state index in [0.29, 0.717) is 4.68 Å². The van der Waals surface area contributed by atoms with E-state index in [4.69, 9.17) is 5.11 Å². The molecule has 1 atom stereocenters. The summed E-state index contributed by atoms with van der Waals surface area (Å²) in [6.45, 7) is 1.16. The standard InChI is InChI=1S/C11H9F3N2O2/c1-6(10(17)18)16-9(11(12,13)14)7-4-2-3-5-8(7)15-16/h2-6H,1H3,(H,17,18). The zero-order chi connectivity index (χ0) is 13.5. The highest BCUT2D eigenvalue weighted by Crippen LogP contribution is 2.36. The second-order valence-electron chi connectivity index (χ2n) is 3.82. The number of aromatic nitrogens is 2. The molecule has 0 bridgehead atoms. The number of carbonyl (C=O) groups is 1. The molecule has 1 aromatic heterocycles. The number of hydrogen-bond donors (Lipinski definition) is 1. The van der Waals surface area contributed by atoms with Gasteiger partial charge in [-0.15, -0.1) is 0 Å². The van der Waals surface area contributed by atoms with Crippen molar-refractivity contribution in [2.45, 2.75) is 19.1 Å². The van der Waals surface area contributed by atoms with Gasteiger partial charge in [0, 0.05) is 5.39 Å². The van der Waals surface area contributed by atoms with Crippen molar-refractivity contribution in [3.8, 4) is 0 Å². The Balaban J connectivity index is 2.76. The normalized spacial score (nSPS) is 13.8.